The maximum absolute atomic E-state index is 14.2. The summed E-state index contributed by atoms with van der Waals surface area (Å²) in [5.74, 6) is -0.493. The number of rotatable bonds is 5. The van der Waals surface area contributed by atoms with Gasteiger partial charge in [0.05, 0.1) is 18.6 Å². The van der Waals surface area contributed by atoms with E-state index in [4.69, 9.17) is 11.6 Å². The lowest BCUT2D eigenvalue weighted by atomic mass is 10.2. The molecule has 0 spiro atoms. The van der Waals surface area contributed by atoms with Crippen molar-refractivity contribution in [1.82, 2.24) is 18.7 Å². The van der Waals surface area contributed by atoms with Gasteiger partial charge in [0.15, 0.2) is 11.2 Å². The second kappa shape index (κ2) is 7.52. The fourth-order valence-corrected chi connectivity index (χ4v) is 3.43. The van der Waals surface area contributed by atoms with E-state index in [2.05, 4.69) is 11.6 Å². The molecule has 8 heteroatoms. The summed E-state index contributed by atoms with van der Waals surface area (Å²) < 4.78 is 18.1. The molecule has 6 nitrogen and oxygen atoms in total. The average Bonchev–Trinajstić information content (AvgIpc) is 3.10. The summed E-state index contributed by atoms with van der Waals surface area (Å²) in [4.78, 5) is 30.7. The molecule has 0 fully saturated rings. The van der Waals surface area contributed by atoms with Gasteiger partial charge < -0.3 is 4.57 Å². The molecule has 4 aromatic rings. The Kier molecular flexibility index (Phi) is 4.90. The highest BCUT2D eigenvalue weighted by atomic mass is 35.5. The first kappa shape index (κ1) is 18.9. The Bertz CT molecular complexity index is 1350. The number of halogens is 2. The summed E-state index contributed by atoms with van der Waals surface area (Å²) in [6.07, 6.45) is 3.10. The van der Waals surface area contributed by atoms with Crippen molar-refractivity contribution in [2.24, 2.45) is 0 Å². The molecule has 0 saturated heterocycles. The fraction of sp³-hybridized carbons (Fsp3) is 0.0952. The predicted molar refractivity (Wildman–Crippen MR) is 110 cm³/mol. The smallest absolute Gasteiger partial charge is 0.321 e. The molecule has 2 heterocycles. The van der Waals surface area contributed by atoms with Crippen LogP contribution in [0.3, 0.4) is 0 Å². The summed E-state index contributed by atoms with van der Waals surface area (Å²) in [6, 6.07) is 12.7. The zero-order valence-electron chi connectivity index (χ0n) is 15.3. The Morgan fingerprint density at radius 1 is 1.14 bits per heavy atom. The van der Waals surface area contributed by atoms with Gasteiger partial charge in [0, 0.05) is 17.1 Å². The Labute approximate surface area is 169 Å². The van der Waals surface area contributed by atoms with E-state index in [1.165, 1.54) is 23.0 Å². The van der Waals surface area contributed by atoms with Gasteiger partial charge in [0.25, 0.3) is 5.56 Å². The van der Waals surface area contributed by atoms with E-state index >= 15 is 0 Å². The van der Waals surface area contributed by atoms with Crippen LogP contribution in [-0.4, -0.2) is 18.7 Å². The lowest BCUT2D eigenvalue weighted by Gasteiger charge is -2.13. The maximum Gasteiger partial charge on any atom is 0.337 e. The number of hydrogen-bond donors (Lipinski definition) is 0. The predicted octanol–water partition coefficient (Wildman–Crippen LogP) is 3.38. The summed E-state index contributed by atoms with van der Waals surface area (Å²) in [5, 5.41) is 0.430. The minimum atomic E-state index is -0.628. The number of hydrogen-bond acceptors (Lipinski definition) is 3. The SMILES string of the molecule is C=CCn1cnc2c1c(=O)n(Cc1ccccc1F)c(=O)n2-c1cccc(Cl)c1. The van der Waals surface area contributed by atoms with Gasteiger partial charge in [-0.3, -0.25) is 9.36 Å². The summed E-state index contributed by atoms with van der Waals surface area (Å²) >= 11 is 6.10. The third-order valence-electron chi connectivity index (χ3n) is 4.58. The molecular weight excluding hydrogens is 395 g/mol. The number of allylic oxidation sites excluding steroid dienone is 1. The number of imidazole rings is 1. The molecule has 2 aromatic carbocycles. The molecule has 0 aliphatic heterocycles. The van der Waals surface area contributed by atoms with Crippen LogP contribution >= 0.6 is 11.6 Å². The van der Waals surface area contributed by atoms with Crippen molar-refractivity contribution in [2.75, 3.05) is 0 Å². The van der Waals surface area contributed by atoms with Crippen molar-refractivity contribution >= 4 is 22.8 Å². The molecule has 29 heavy (non-hydrogen) atoms. The fourth-order valence-electron chi connectivity index (χ4n) is 3.24. The van der Waals surface area contributed by atoms with Crippen LogP contribution < -0.4 is 11.2 Å². The lowest BCUT2D eigenvalue weighted by Crippen LogP contribution is -2.40. The van der Waals surface area contributed by atoms with E-state index in [-0.39, 0.29) is 23.3 Å². The summed E-state index contributed by atoms with van der Waals surface area (Å²) in [5.41, 5.74) is -0.0606. The highest BCUT2D eigenvalue weighted by molar-refractivity contribution is 6.30. The molecule has 0 atom stereocenters. The van der Waals surface area contributed by atoms with Crippen molar-refractivity contribution in [2.45, 2.75) is 13.1 Å². The summed E-state index contributed by atoms with van der Waals surface area (Å²) in [6.45, 7) is 3.81. The number of aromatic nitrogens is 4. The molecule has 2 aromatic heterocycles. The minimum Gasteiger partial charge on any atom is -0.321 e. The third kappa shape index (κ3) is 3.30. The van der Waals surface area contributed by atoms with Crippen LogP contribution in [0.15, 0.2) is 77.1 Å². The Morgan fingerprint density at radius 3 is 2.66 bits per heavy atom. The first-order valence-corrected chi connectivity index (χ1v) is 9.20. The number of benzene rings is 2. The van der Waals surface area contributed by atoms with Gasteiger partial charge in [-0.05, 0) is 24.3 Å². The topological polar surface area (TPSA) is 61.8 Å². The highest BCUT2D eigenvalue weighted by Crippen LogP contribution is 2.17. The van der Waals surface area contributed by atoms with E-state index in [1.807, 2.05) is 0 Å². The van der Waals surface area contributed by atoms with Gasteiger partial charge >= 0.3 is 5.69 Å². The highest BCUT2D eigenvalue weighted by Gasteiger charge is 2.20. The van der Waals surface area contributed by atoms with Crippen LogP contribution in [0.5, 0.6) is 0 Å². The minimum absolute atomic E-state index is 0.203. The van der Waals surface area contributed by atoms with Crippen molar-refractivity contribution in [1.29, 1.82) is 0 Å². The second-order valence-electron chi connectivity index (χ2n) is 6.44. The Hall–Kier alpha value is -3.45. The summed E-state index contributed by atoms with van der Waals surface area (Å²) in [7, 11) is 0. The number of fused-ring (bicyclic) bond motifs is 1. The van der Waals surface area contributed by atoms with Crippen LogP contribution in [-0.2, 0) is 13.1 Å². The quantitative estimate of drug-likeness (QED) is 0.474. The largest absolute Gasteiger partial charge is 0.337 e. The molecular formula is C21H16ClFN4O2. The zero-order chi connectivity index (χ0) is 20.5. The van der Waals surface area contributed by atoms with Crippen LogP contribution in [0.25, 0.3) is 16.9 Å². The van der Waals surface area contributed by atoms with Crippen LogP contribution in [0.1, 0.15) is 5.56 Å². The molecule has 0 bridgehead atoms. The molecule has 0 saturated carbocycles. The average molecular weight is 411 g/mol. The van der Waals surface area contributed by atoms with Gasteiger partial charge in [0.1, 0.15) is 5.82 Å². The van der Waals surface area contributed by atoms with Crippen molar-refractivity contribution < 1.29 is 4.39 Å². The Morgan fingerprint density at radius 2 is 1.93 bits per heavy atom. The van der Waals surface area contributed by atoms with Crippen molar-refractivity contribution in [3.05, 3.63) is 105 Å². The van der Waals surface area contributed by atoms with E-state index in [9.17, 15) is 14.0 Å². The van der Waals surface area contributed by atoms with E-state index in [0.717, 1.165) is 4.57 Å². The standard InChI is InChI=1S/C21H16ClFN4O2/c1-2-10-25-13-24-19-18(25)20(28)26(12-14-6-3-4-9-17(14)23)21(29)27(19)16-8-5-7-15(22)11-16/h2-9,11,13H,1,10,12H2. The number of nitrogens with zero attached hydrogens (tertiary/aromatic N) is 4. The van der Waals surface area contributed by atoms with E-state index in [1.54, 1.807) is 47.0 Å². The van der Waals surface area contributed by atoms with Crippen LogP contribution in [0, 0.1) is 5.82 Å². The molecule has 4 rings (SSSR count). The molecule has 0 aliphatic rings. The van der Waals surface area contributed by atoms with Gasteiger partial charge in [0.2, 0.25) is 0 Å². The molecule has 0 aliphatic carbocycles. The normalized spacial score (nSPS) is 11.1. The van der Waals surface area contributed by atoms with Gasteiger partial charge in [-0.2, -0.15) is 0 Å². The van der Waals surface area contributed by atoms with Crippen molar-refractivity contribution in [3.8, 4) is 5.69 Å². The first-order chi connectivity index (χ1) is 14.0. The van der Waals surface area contributed by atoms with Crippen LogP contribution in [0.2, 0.25) is 5.02 Å². The zero-order valence-corrected chi connectivity index (χ0v) is 16.0. The van der Waals surface area contributed by atoms with Gasteiger partial charge in [-0.15, -0.1) is 6.58 Å². The molecule has 0 unspecified atom stereocenters. The van der Waals surface area contributed by atoms with Crippen molar-refractivity contribution in [3.63, 3.8) is 0 Å². The molecule has 0 radical (unpaired) electrons. The van der Waals surface area contributed by atoms with Gasteiger partial charge in [-0.25, -0.2) is 18.7 Å². The molecule has 0 amide bonds. The monoisotopic (exact) mass is 410 g/mol. The molecule has 146 valence electrons. The van der Waals surface area contributed by atoms with Gasteiger partial charge in [-0.1, -0.05) is 41.9 Å². The third-order valence-corrected chi connectivity index (χ3v) is 4.81. The van der Waals surface area contributed by atoms with E-state index < -0.39 is 17.1 Å². The lowest BCUT2D eigenvalue weighted by molar-refractivity contribution is 0.586. The van der Waals surface area contributed by atoms with Crippen LogP contribution in [0.4, 0.5) is 4.39 Å². The van der Waals surface area contributed by atoms with E-state index in [0.29, 0.717) is 17.3 Å². The Balaban J connectivity index is 2.07. The maximum atomic E-state index is 14.2. The molecule has 0 N–H and O–H groups in total. The first-order valence-electron chi connectivity index (χ1n) is 8.82. The second-order valence-corrected chi connectivity index (χ2v) is 6.87.